The normalized spacial score (nSPS) is 33.3. The van der Waals surface area contributed by atoms with E-state index in [9.17, 15) is 5.11 Å². The summed E-state index contributed by atoms with van der Waals surface area (Å²) in [7, 11) is 0. The maximum absolute atomic E-state index is 9.62. The highest BCUT2D eigenvalue weighted by Crippen LogP contribution is 2.33. The van der Waals surface area contributed by atoms with Gasteiger partial charge in [-0.2, -0.15) is 0 Å². The van der Waals surface area contributed by atoms with Crippen LogP contribution in [0.2, 0.25) is 0 Å². The van der Waals surface area contributed by atoms with Crippen molar-refractivity contribution in [3.8, 4) is 0 Å². The number of aliphatic hydroxyl groups excluding tert-OH is 1. The summed E-state index contributed by atoms with van der Waals surface area (Å²) in [5, 5.41) is 9.62. The van der Waals surface area contributed by atoms with E-state index in [-0.39, 0.29) is 11.5 Å². The van der Waals surface area contributed by atoms with Gasteiger partial charge in [0.05, 0.1) is 6.10 Å². The molecule has 1 atom stereocenters. The monoisotopic (exact) mass is 142 g/mol. The van der Waals surface area contributed by atoms with Crippen LogP contribution >= 0.6 is 0 Å². The van der Waals surface area contributed by atoms with Crippen molar-refractivity contribution in [2.75, 3.05) is 0 Å². The van der Waals surface area contributed by atoms with E-state index in [1.807, 2.05) is 0 Å². The predicted molar refractivity (Wildman–Crippen MR) is 42.9 cm³/mol. The zero-order valence-corrected chi connectivity index (χ0v) is 7.06. The van der Waals surface area contributed by atoms with Gasteiger partial charge in [-0.15, -0.1) is 0 Å². The van der Waals surface area contributed by atoms with Crippen molar-refractivity contribution in [2.45, 2.75) is 52.1 Å². The molecule has 1 N–H and O–H groups in total. The van der Waals surface area contributed by atoms with Gasteiger partial charge in [0.1, 0.15) is 0 Å². The summed E-state index contributed by atoms with van der Waals surface area (Å²) in [6, 6.07) is 0. The third-order valence-corrected chi connectivity index (χ3v) is 2.70. The van der Waals surface area contributed by atoms with Crippen molar-refractivity contribution in [1.29, 1.82) is 0 Å². The van der Waals surface area contributed by atoms with Crippen LogP contribution in [0.5, 0.6) is 0 Å². The Labute approximate surface area is 63.4 Å². The number of rotatable bonds is 0. The molecule has 1 saturated carbocycles. The maximum atomic E-state index is 9.62. The zero-order valence-electron chi connectivity index (χ0n) is 7.06. The first-order valence-corrected chi connectivity index (χ1v) is 4.31. The van der Waals surface area contributed by atoms with Gasteiger partial charge in [0, 0.05) is 0 Å². The molecular weight excluding hydrogens is 124 g/mol. The summed E-state index contributed by atoms with van der Waals surface area (Å²) in [5.41, 5.74) is 0.177. The van der Waals surface area contributed by atoms with Crippen molar-refractivity contribution < 1.29 is 5.11 Å². The van der Waals surface area contributed by atoms with Crippen LogP contribution in [-0.4, -0.2) is 11.2 Å². The minimum atomic E-state index is -0.0602. The fourth-order valence-electron chi connectivity index (χ4n) is 1.65. The Morgan fingerprint density at radius 1 is 1.20 bits per heavy atom. The molecule has 1 unspecified atom stereocenters. The van der Waals surface area contributed by atoms with Gasteiger partial charge in [0.2, 0.25) is 0 Å². The minimum absolute atomic E-state index is 0.0602. The Hall–Kier alpha value is -0.0400. The second-order valence-corrected chi connectivity index (χ2v) is 4.10. The molecule has 0 radical (unpaired) electrons. The van der Waals surface area contributed by atoms with Crippen LogP contribution in [0.15, 0.2) is 0 Å². The first-order valence-electron chi connectivity index (χ1n) is 4.31. The lowest BCUT2D eigenvalue weighted by atomic mass is 9.82. The highest BCUT2D eigenvalue weighted by Gasteiger charge is 2.28. The van der Waals surface area contributed by atoms with Crippen molar-refractivity contribution in [1.82, 2.24) is 0 Å². The van der Waals surface area contributed by atoms with Gasteiger partial charge in [-0.05, 0) is 18.3 Å². The summed E-state index contributed by atoms with van der Waals surface area (Å²) in [5.74, 6) is 0. The summed E-state index contributed by atoms with van der Waals surface area (Å²) in [4.78, 5) is 0. The lowest BCUT2D eigenvalue weighted by Gasteiger charge is -2.27. The van der Waals surface area contributed by atoms with Gasteiger partial charge in [-0.1, -0.05) is 33.1 Å². The summed E-state index contributed by atoms with van der Waals surface area (Å²) in [6.45, 7) is 4.34. The number of hydrogen-bond acceptors (Lipinski definition) is 1. The molecule has 0 aliphatic heterocycles. The average molecular weight is 142 g/mol. The second-order valence-electron chi connectivity index (χ2n) is 4.10. The van der Waals surface area contributed by atoms with Crippen LogP contribution in [0.3, 0.4) is 0 Å². The fourth-order valence-corrected chi connectivity index (χ4v) is 1.65. The van der Waals surface area contributed by atoms with E-state index in [1.54, 1.807) is 0 Å². The molecule has 0 aromatic carbocycles. The Morgan fingerprint density at radius 2 is 1.90 bits per heavy atom. The third-order valence-electron chi connectivity index (χ3n) is 2.70. The molecule has 1 fully saturated rings. The topological polar surface area (TPSA) is 20.2 Å². The summed E-state index contributed by atoms with van der Waals surface area (Å²) >= 11 is 0. The van der Waals surface area contributed by atoms with Crippen LogP contribution in [0.25, 0.3) is 0 Å². The first kappa shape index (κ1) is 8.06. The molecule has 1 aliphatic rings. The fraction of sp³-hybridized carbons (Fsp3) is 1.00. The Kier molecular flexibility index (Phi) is 2.35. The highest BCUT2D eigenvalue weighted by molar-refractivity contribution is 4.80. The predicted octanol–water partition coefficient (Wildman–Crippen LogP) is 2.34. The molecule has 10 heavy (non-hydrogen) atoms. The van der Waals surface area contributed by atoms with Gasteiger partial charge in [-0.3, -0.25) is 0 Å². The molecule has 1 heteroatoms. The molecule has 0 bridgehead atoms. The maximum Gasteiger partial charge on any atom is 0.0591 e. The molecule has 0 amide bonds. The van der Waals surface area contributed by atoms with Crippen LogP contribution in [0.4, 0.5) is 0 Å². The average Bonchev–Trinajstić information content (AvgIpc) is 1.96. The molecule has 1 nitrogen and oxygen atoms in total. The Balaban J connectivity index is 2.52. The number of aliphatic hydroxyl groups is 1. The van der Waals surface area contributed by atoms with Crippen molar-refractivity contribution in [3.63, 3.8) is 0 Å². The molecule has 0 spiro atoms. The quantitative estimate of drug-likeness (QED) is 0.515. The van der Waals surface area contributed by atoms with Crippen molar-refractivity contribution in [2.24, 2.45) is 5.41 Å². The molecular formula is C9H18O. The van der Waals surface area contributed by atoms with Crippen LogP contribution in [-0.2, 0) is 0 Å². The molecule has 1 rings (SSSR count). The summed E-state index contributed by atoms with van der Waals surface area (Å²) < 4.78 is 0. The molecule has 0 saturated heterocycles. The van der Waals surface area contributed by atoms with E-state index in [0.29, 0.717) is 0 Å². The third kappa shape index (κ3) is 1.72. The highest BCUT2D eigenvalue weighted by atomic mass is 16.3. The van der Waals surface area contributed by atoms with E-state index in [1.165, 1.54) is 25.7 Å². The SMILES string of the molecule is CC1(C)CCCCCC1O. The van der Waals surface area contributed by atoms with Crippen LogP contribution in [0, 0.1) is 5.41 Å². The molecule has 1 aliphatic carbocycles. The largest absolute Gasteiger partial charge is 0.393 e. The van der Waals surface area contributed by atoms with Gasteiger partial charge in [0.15, 0.2) is 0 Å². The first-order chi connectivity index (χ1) is 4.63. The van der Waals surface area contributed by atoms with Crippen molar-refractivity contribution >= 4 is 0 Å². The van der Waals surface area contributed by atoms with Gasteiger partial charge in [0.25, 0.3) is 0 Å². The molecule has 0 aromatic heterocycles. The smallest absolute Gasteiger partial charge is 0.0591 e. The van der Waals surface area contributed by atoms with E-state index >= 15 is 0 Å². The lowest BCUT2D eigenvalue weighted by molar-refractivity contribution is 0.0445. The number of hydrogen-bond donors (Lipinski definition) is 1. The lowest BCUT2D eigenvalue weighted by Crippen LogP contribution is -2.27. The van der Waals surface area contributed by atoms with Crippen LogP contribution in [0.1, 0.15) is 46.0 Å². The molecule has 0 aromatic rings. The van der Waals surface area contributed by atoms with Gasteiger partial charge < -0.3 is 5.11 Å². The molecule has 60 valence electrons. The van der Waals surface area contributed by atoms with E-state index in [2.05, 4.69) is 13.8 Å². The van der Waals surface area contributed by atoms with E-state index in [4.69, 9.17) is 0 Å². The zero-order chi connectivity index (χ0) is 7.61. The van der Waals surface area contributed by atoms with E-state index in [0.717, 1.165) is 6.42 Å². The van der Waals surface area contributed by atoms with E-state index < -0.39 is 0 Å². The standard InChI is InChI=1S/C9H18O/c1-9(2)7-5-3-4-6-8(9)10/h8,10H,3-7H2,1-2H3. The van der Waals surface area contributed by atoms with Crippen molar-refractivity contribution in [3.05, 3.63) is 0 Å². The van der Waals surface area contributed by atoms with Gasteiger partial charge in [-0.25, -0.2) is 0 Å². The van der Waals surface area contributed by atoms with Crippen LogP contribution < -0.4 is 0 Å². The Morgan fingerprint density at radius 3 is 2.60 bits per heavy atom. The molecule has 0 heterocycles. The Bertz CT molecular complexity index is 107. The van der Waals surface area contributed by atoms with Gasteiger partial charge >= 0.3 is 0 Å². The minimum Gasteiger partial charge on any atom is -0.393 e. The summed E-state index contributed by atoms with van der Waals surface area (Å²) in [6.07, 6.45) is 5.95. The second kappa shape index (κ2) is 2.91.